The van der Waals surface area contributed by atoms with Crippen molar-refractivity contribution in [1.29, 1.82) is 0 Å². The van der Waals surface area contributed by atoms with Crippen molar-refractivity contribution in [2.45, 2.75) is 51.4 Å². The summed E-state index contributed by atoms with van der Waals surface area (Å²) in [6.45, 7) is 0.846. The lowest BCUT2D eigenvalue weighted by molar-refractivity contribution is -0.144. The number of hydrogen-bond donors (Lipinski definition) is 2. The van der Waals surface area contributed by atoms with Crippen LogP contribution in [0, 0.1) is 29.6 Å². The van der Waals surface area contributed by atoms with Crippen molar-refractivity contribution < 1.29 is 14.7 Å². The van der Waals surface area contributed by atoms with Crippen LogP contribution in [0.25, 0.3) is 0 Å². The van der Waals surface area contributed by atoms with Gasteiger partial charge in [-0.15, -0.1) is 0 Å². The molecule has 3 saturated carbocycles. The van der Waals surface area contributed by atoms with Gasteiger partial charge >= 0.3 is 5.97 Å². The van der Waals surface area contributed by atoms with Crippen molar-refractivity contribution in [1.82, 2.24) is 5.32 Å². The second kappa shape index (κ2) is 5.74. The van der Waals surface area contributed by atoms with Crippen molar-refractivity contribution in [2.24, 2.45) is 29.6 Å². The average Bonchev–Trinajstić information content (AvgIpc) is 3.07. The Kier molecular flexibility index (Phi) is 3.99. The molecule has 2 bridgehead atoms. The Hall–Kier alpha value is -1.06. The Bertz CT molecular complexity index is 387. The number of carboxylic acids is 1. The fraction of sp³-hybridized carbons (Fsp3) is 0.875. The number of carbonyl (C=O) groups excluding carboxylic acids is 1. The number of fused-ring (bicyclic) bond motifs is 2. The predicted octanol–water partition coefficient (Wildman–Crippen LogP) is 2.43. The zero-order valence-electron chi connectivity index (χ0n) is 12.0. The molecule has 0 aromatic heterocycles. The summed E-state index contributed by atoms with van der Waals surface area (Å²) < 4.78 is 0. The van der Waals surface area contributed by atoms with Gasteiger partial charge in [-0.3, -0.25) is 9.59 Å². The molecule has 0 saturated heterocycles. The van der Waals surface area contributed by atoms with Gasteiger partial charge in [0.05, 0.1) is 5.92 Å². The maximum Gasteiger partial charge on any atom is 0.306 e. The van der Waals surface area contributed by atoms with E-state index in [1.807, 2.05) is 0 Å². The first kappa shape index (κ1) is 13.9. The summed E-state index contributed by atoms with van der Waals surface area (Å²) in [5, 5.41) is 12.1. The molecule has 3 rings (SSSR count). The monoisotopic (exact) mass is 279 g/mol. The molecule has 3 aliphatic carbocycles. The van der Waals surface area contributed by atoms with Crippen LogP contribution in [-0.2, 0) is 9.59 Å². The lowest BCUT2D eigenvalue weighted by Crippen LogP contribution is -2.37. The fourth-order valence-corrected chi connectivity index (χ4v) is 4.61. The molecule has 20 heavy (non-hydrogen) atoms. The van der Waals surface area contributed by atoms with E-state index in [4.69, 9.17) is 5.11 Å². The van der Waals surface area contributed by atoms with Gasteiger partial charge in [0.15, 0.2) is 0 Å². The van der Waals surface area contributed by atoms with Crippen molar-refractivity contribution in [2.75, 3.05) is 6.54 Å². The normalized spacial score (nSPS) is 39.7. The summed E-state index contributed by atoms with van der Waals surface area (Å²) in [6.07, 6.45) is 8.21. The predicted molar refractivity (Wildman–Crippen MR) is 75.0 cm³/mol. The smallest absolute Gasteiger partial charge is 0.306 e. The lowest BCUT2D eigenvalue weighted by atomic mass is 9.81. The average molecular weight is 279 g/mol. The summed E-state index contributed by atoms with van der Waals surface area (Å²) in [4.78, 5) is 23.1. The number of rotatable bonds is 4. The largest absolute Gasteiger partial charge is 0.481 e. The second-order valence-corrected chi connectivity index (χ2v) is 7.07. The van der Waals surface area contributed by atoms with Crippen LogP contribution in [0.5, 0.6) is 0 Å². The van der Waals surface area contributed by atoms with E-state index in [-0.39, 0.29) is 17.7 Å². The zero-order chi connectivity index (χ0) is 14.1. The molecule has 112 valence electrons. The molecule has 3 aliphatic rings. The maximum absolute atomic E-state index is 12.2. The molecule has 3 unspecified atom stereocenters. The van der Waals surface area contributed by atoms with Crippen LogP contribution in [0.4, 0.5) is 0 Å². The van der Waals surface area contributed by atoms with Gasteiger partial charge in [0.1, 0.15) is 0 Å². The van der Waals surface area contributed by atoms with Gasteiger partial charge in [0, 0.05) is 12.5 Å². The van der Waals surface area contributed by atoms with Crippen LogP contribution in [-0.4, -0.2) is 23.5 Å². The van der Waals surface area contributed by atoms with Crippen LogP contribution in [0.3, 0.4) is 0 Å². The Labute approximate surface area is 120 Å². The van der Waals surface area contributed by atoms with Gasteiger partial charge in [0.25, 0.3) is 0 Å². The van der Waals surface area contributed by atoms with Crippen molar-refractivity contribution in [3.63, 3.8) is 0 Å². The number of carboxylic acid groups (broad SMARTS) is 1. The first-order valence-corrected chi connectivity index (χ1v) is 8.14. The number of carbonyl (C=O) groups is 2. The highest BCUT2D eigenvalue weighted by molar-refractivity contribution is 5.79. The third kappa shape index (κ3) is 2.84. The topological polar surface area (TPSA) is 66.4 Å². The number of aliphatic carboxylic acids is 1. The second-order valence-electron chi connectivity index (χ2n) is 7.07. The van der Waals surface area contributed by atoms with Gasteiger partial charge in [-0.2, -0.15) is 0 Å². The maximum atomic E-state index is 12.2. The van der Waals surface area contributed by atoms with Crippen LogP contribution < -0.4 is 5.32 Å². The van der Waals surface area contributed by atoms with Gasteiger partial charge in [-0.1, -0.05) is 6.42 Å². The quantitative estimate of drug-likeness (QED) is 0.830. The van der Waals surface area contributed by atoms with E-state index < -0.39 is 5.97 Å². The SMILES string of the molecule is O=C(O)C1CCC(C(=O)NCC2CC3CCC2C3)CC1. The minimum absolute atomic E-state index is 0.0455. The molecule has 0 heterocycles. The van der Waals surface area contributed by atoms with Crippen LogP contribution >= 0.6 is 0 Å². The number of amides is 1. The third-order valence-corrected chi connectivity index (χ3v) is 5.87. The van der Waals surface area contributed by atoms with E-state index in [0.29, 0.717) is 18.8 Å². The van der Waals surface area contributed by atoms with Crippen LogP contribution in [0.1, 0.15) is 51.4 Å². The summed E-state index contributed by atoms with van der Waals surface area (Å²) in [7, 11) is 0. The highest BCUT2D eigenvalue weighted by Gasteiger charge is 2.39. The molecule has 1 amide bonds. The van der Waals surface area contributed by atoms with E-state index in [1.165, 1.54) is 25.7 Å². The number of hydrogen-bond acceptors (Lipinski definition) is 2. The van der Waals surface area contributed by atoms with Crippen LogP contribution in [0.15, 0.2) is 0 Å². The van der Waals surface area contributed by atoms with Gasteiger partial charge in [-0.25, -0.2) is 0 Å². The third-order valence-electron chi connectivity index (χ3n) is 5.87. The minimum Gasteiger partial charge on any atom is -0.481 e. The highest BCUT2D eigenvalue weighted by atomic mass is 16.4. The minimum atomic E-state index is -0.703. The zero-order valence-corrected chi connectivity index (χ0v) is 12.0. The molecule has 3 fully saturated rings. The molecule has 0 spiro atoms. The van der Waals surface area contributed by atoms with Crippen molar-refractivity contribution in [3.8, 4) is 0 Å². The molecule has 4 nitrogen and oxygen atoms in total. The first-order valence-electron chi connectivity index (χ1n) is 8.14. The molecular weight excluding hydrogens is 254 g/mol. The summed E-state index contributed by atoms with van der Waals surface area (Å²) >= 11 is 0. The summed E-state index contributed by atoms with van der Waals surface area (Å²) in [5.41, 5.74) is 0. The van der Waals surface area contributed by atoms with Gasteiger partial charge in [0.2, 0.25) is 5.91 Å². The van der Waals surface area contributed by atoms with E-state index >= 15 is 0 Å². The summed E-state index contributed by atoms with van der Waals surface area (Å²) in [6, 6.07) is 0. The summed E-state index contributed by atoms with van der Waals surface area (Å²) in [5.74, 6) is 1.75. The van der Waals surface area contributed by atoms with Gasteiger partial charge in [-0.05, 0) is 62.7 Å². The van der Waals surface area contributed by atoms with Crippen molar-refractivity contribution in [3.05, 3.63) is 0 Å². The molecule has 0 aliphatic heterocycles. The van der Waals surface area contributed by atoms with Crippen molar-refractivity contribution >= 4 is 11.9 Å². The van der Waals surface area contributed by atoms with Crippen LogP contribution in [0.2, 0.25) is 0 Å². The highest BCUT2D eigenvalue weighted by Crippen LogP contribution is 2.48. The van der Waals surface area contributed by atoms with E-state index in [9.17, 15) is 9.59 Å². The lowest BCUT2D eigenvalue weighted by Gasteiger charge is -2.27. The molecule has 2 N–H and O–H groups in total. The standard InChI is InChI=1S/C16H25NO3/c18-15(11-3-5-12(6-4-11)16(19)20)17-9-14-8-10-1-2-13(14)7-10/h10-14H,1-9H2,(H,17,18)(H,19,20). The Balaban J connectivity index is 1.40. The first-order chi connectivity index (χ1) is 9.63. The molecule has 0 aromatic rings. The molecule has 3 atom stereocenters. The number of nitrogens with one attached hydrogen (secondary N) is 1. The molecule has 0 aromatic carbocycles. The van der Waals surface area contributed by atoms with E-state index in [1.54, 1.807) is 0 Å². The Morgan fingerprint density at radius 3 is 2.20 bits per heavy atom. The molecule has 0 radical (unpaired) electrons. The fourth-order valence-electron chi connectivity index (χ4n) is 4.61. The Morgan fingerprint density at radius 1 is 0.950 bits per heavy atom. The van der Waals surface area contributed by atoms with Gasteiger partial charge < -0.3 is 10.4 Å². The molecule has 4 heteroatoms. The van der Waals surface area contributed by atoms with E-state index in [0.717, 1.165) is 31.2 Å². The van der Waals surface area contributed by atoms with E-state index in [2.05, 4.69) is 5.32 Å². The Morgan fingerprint density at radius 2 is 1.65 bits per heavy atom. The molecular formula is C16H25NO3.